The van der Waals surface area contributed by atoms with Crippen molar-refractivity contribution in [1.82, 2.24) is 9.55 Å². The van der Waals surface area contributed by atoms with Gasteiger partial charge in [-0.2, -0.15) is 0 Å². The fraction of sp³-hybridized carbons (Fsp3) is 0.125. The van der Waals surface area contributed by atoms with Gasteiger partial charge < -0.3 is 14.9 Å². The fourth-order valence-electron chi connectivity index (χ4n) is 2.25. The van der Waals surface area contributed by atoms with Crippen LogP contribution >= 0.6 is 0 Å². The molecule has 106 valence electrons. The molecule has 2 N–H and O–H groups in total. The second kappa shape index (κ2) is 5.28. The molecule has 0 aliphatic rings. The van der Waals surface area contributed by atoms with E-state index in [1.54, 1.807) is 22.9 Å². The van der Waals surface area contributed by atoms with Gasteiger partial charge in [0, 0.05) is 29.7 Å². The van der Waals surface area contributed by atoms with Crippen molar-refractivity contribution in [3.63, 3.8) is 0 Å². The van der Waals surface area contributed by atoms with Crippen LogP contribution in [0.5, 0.6) is 0 Å². The Morgan fingerprint density at radius 1 is 1.24 bits per heavy atom. The Morgan fingerprint density at radius 3 is 2.81 bits per heavy atom. The molecule has 5 nitrogen and oxygen atoms in total. The maximum Gasteiger partial charge on any atom is 0.272 e. The zero-order valence-electron chi connectivity index (χ0n) is 11.6. The van der Waals surface area contributed by atoms with E-state index in [1.165, 1.54) is 6.07 Å². The van der Waals surface area contributed by atoms with Crippen molar-refractivity contribution in [2.75, 3.05) is 5.32 Å². The van der Waals surface area contributed by atoms with E-state index in [1.807, 2.05) is 31.2 Å². The molecule has 0 radical (unpaired) electrons. The number of amides is 1. The number of carbonyl (C=O) groups excluding carboxylic acids is 1. The number of rotatable bonds is 3. The highest BCUT2D eigenvalue weighted by molar-refractivity contribution is 6.05. The van der Waals surface area contributed by atoms with Gasteiger partial charge in [0.05, 0.1) is 5.69 Å². The van der Waals surface area contributed by atoms with Gasteiger partial charge in [0.15, 0.2) is 0 Å². The predicted molar refractivity (Wildman–Crippen MR) is 82.6 cm³/mol. The summed E-state index contributed by atoms with van der Waals surface area (Å²) in [5.41, 5.74) is 1.92. The van der Waals surface area contributed by atoms with Crippen molar-refractivity contribution in [1.29, 1.82) is 0 Å². The molecule has 3 rings (SSSR count). The third kappa shape index (κ3) is 2.58. The Morgan fingerprint density at radius 2 is 2.05 bits per heavy atom. The van der Waals surface area contributed by atoms with Gasteiger partial charge in [0.1, 0.15) is 5.69 Å². The molecule has 2 heterocycles. The summed E-state index contributed by atoms with van der Waals surface area (Å²) in [6, 6.07) is 12.6. The number of nitrogens with one attached hydrogen (secondary N) is 2. The largest absolute Gasteiger partial charge is 0.351 e. The molecule has 0 saturated carbocycles. The second-order valence-corrected chi connectivity index (χ2v) is 4.77. The molecule has 1 amide bonds. The van der Waals surface area contributed by atoms with Crippen LogP contribution in [0.25, 0.3) is 10.9 Å². The Kier molecular flexibility index (Phi) is 3.31. The lowest BCUT2D eigenvalue weighted by atomic mass is 10.2. The molecule has 5 heteroatoms. The van der Waals surface area contributed by atoms with Crippen molar-refractivity contribution in [2.24, 2.45) is 0 Å². The van der Waals surface area contributed by atoms with E-state index in [-0.39, 0.29) is 11.5 Å². The first kappa shape index (κ1) is 13.2. The number of pyridine rings is 1. The number of aryl methyl sites for hydroxylation is 1. The molecule has 1 aromatic carbocycles. The zero-order valence-corrected chi connectivity index (χ0v) is 11.6. The van der Waals surface area contributed by atoms with Crippen LogP contribution in [-0.2, 0) is 6.54 Å². The standard InChI is InChI=1S/C16H15N3O2/c1-2-19-10-12(7-8-15(19)20)17-16(21)14-9-11-5-3-4-6-13(11)18-14/h3-10,18H,2H2,1H3,(H,17,21). The zero-order chi connectivity index (χ0) is 14.8. The first-order valence-corrected chi connectivity index (χ1v) is 6.77. The molecule has 0 spiro atoms. The van der Waals surface area contributed by atoms with Crippen molar-refractivity contribution in [2.45, 2.75) is 13.5 Å². The number of aromatic amines is 1. The number of nitrogens with zero attached hydrogens (tertiary/aromatic N) is 1. The number of aromatic nitrogens is 2. The van der Waals surface area contributed by atoms with Gasteiger partial charge in [-0.3, -0.25) is 9.59 Å². The molecule has 0 aliphatic heterocycles. The maximum absolute atomic E-state index is 12.2. The lowest BCUT2D eigenvalue weighted by Crippen LogP contribution is -2.19. The first-order valence-electron chi connectivity index (χ1n) is 6.77. The van der Waals surface area contributed by atoms with Gasteiger partial charge in [-0.15, -0.1) is 0 Å². The summed E-state index contributed by atoms with van der Waals surface area (Å²) >= 11 is 0. The van der Waals surface area contributed by atoms with Crippen LogP contribution in [-0.4, -0.2) is 15.5 Å². The summed E-state index contributed by atoms with van der Waals surface area (Å²) in [6.07, 6.45) is 1.64. The molecule has 2 aromatic heterocycles. The van der Waals surface area contributed by atoms with Gasteiger partial charge in [-0.25, -0.2) is 0 Å². The summed E-state index contributed by atoms with van der Waals surface area (Å²) < 4.78 is 1.54. The maximum atomic E-state index is 12.2. The lowest BCUT2D eigenvalue weighted by molar-refractivity contribution is 0.102. The van der Waals surface area contributed by atoms with Crippen LogP contribution < -0.4 is 10.9 Å². The lowest BCUT2D eigenvalue weighted by Gasteiger charge is -2.06. The molecule has 0 fully saturated rings. The van der Waals surface area contributed by atoms with E-state index >= 15 is 0 Å². The Hall–Kier alpha value is -2.82. The molecule has 0 bridgehead atoms. The highest BCUT2D eigenvalue weighted by atomic mass is 16.2. The molecule has 0 saturated heterocycles. The highest BCUT2D eigenvalue weighted by Gasteiger charge is 2.10. The summed E-state index contributed by atoms with van der Waals surface area (Å²) in [7, 11) is 0. The average molecular weight is 281 g/mol. The number of anilines is 1. The number of fused-ring (bicyclic) bond motifs is 1. The van der Waals surface area contributed by atoms with Crippen molar-refractivity contribution in [3.05, 3.63) is 64.7 Å². The highest BCUT2D eigenvalue weighted by Crippen LogP contribution is 2.15. The topological polar surface area (TPSA) is 66.9 Å². The predicted octanol–water partition coefficient (Wildman–Crippen LogP) is 2.60. The quantitative estimate of drug-likeness (QED) is 0.775. The third-order valence-electron chi connectivity index (χ3n) is 3.36. The van der Waals surface area contributed by atoms with Gasteiger partial charge in [-0.1, -0.05) is 18.2 Å². The monoisotopic (exact) mass is 281 g/mol. The fourth-order valence-corrected chi connectivity index (χ4v) is 2.25. The van der Waals surface area contributed by atoms with E-state index in [9.17, 15) is 9.59 Å². The van der Waals surface area contributed by atoms with Crippen LogP contribution in [0.3, 0.4) is 0 Å². The third-order valence-corrected chi connectivity index (χ3v) is 3.36. The minimum absolute atomic E-state index is 0.0823. The Balaban J connectivity index is 1.87. The van der Waals surface area contributed by atoms with Crippen LogP contribution in [0.2, 0.25) is 0 Å². The van der Waals surface area contributed by atoms with E-state index in [4.69, 9.17) is 0 Å². The summed E-state index contributed by atoms with van der Waals surface area (Å²) in [4.78, 5) is 26.8. The second-order valence-electron chi connectivity index (χ2n) is 4.77. The minimum Gasteiger partial charge on any atom is -0.351 e. The molecule has 3 aromatic rings. The molecule has 0 aliphatic carbocycles. The van der Waals surface area contributed by atoms with Crippen LogP contribution in [0.15, 0.2) is 53.5 Å². The van der Waals surface area contributed by atoms with Gasteiger partial charge in [0.25, 0.3) is 11.5 Å². The van der Waals surface area contributed by atoms with E-state index in [0.29, 0.717) is 17.9 Å². The first-order chi connectivity index (χ1) is 10.2. The Bertz CT molecular complexity index is 828. The minimum atomic E-state index is -0.229. The summed E-state index contributed by atoms with van der Waals surface area (Å²) in [5.74, 6) is -0.229. The van der Waals surface area contributed by atoms with Gasteiger partial charge in [-0.05, 0) is 25.1 Å². The number of para-hydroxylation sites is 1. The molecule has 0 atom stereocenters. The van der Waals surface area contributed by atoms with Crippen LogP contribution in [0, 0.1) is 0 Å². The van der Waals surface area contributed by atoms with Crippen molar-refractivity contribution >= 4 is 22.5 Å². The van der Waals surface area contributed by atoms with Crippen molar-refractivity contribution in [3.8, 4) is 0 Å². The van der Waals surface area contributed by atoms with E-state index in [2.05, 4.69) is 10.3 Å². The van der Waals surface area contributed by atoms with Crippen molar-refractivity contribution < 1.29 is 4.79 Å². The molecule has 21 heavy (non-hydrogen) atoms. The SMILES string of the molecule is CCn1cc(NC(=O)c2cc3ccccc3[nH]2)ccc1=O. The van der Waals surface area contributed by atoms with E-state index in [0.717, 1.165) is 10.9 Å². The number of benzene rings is 1. The number of hydrogen-bond acceptors (Lipinski definition) is 2. The summed E-state index contributed by atoms with van der Waals surface area (Å²) in [5, 5.41) is 3.78. The Labute approximate surface area is 121 Å². The number of hydrogen-bond donors (Lipinski definition) is 2. The van der Waals surface area contributed by atoms with Crippen LogP contribution in [0.4, 0.5) is 5.69 Å². The molecular weight excluding hydrogens is 266 g/mol. The smallest absolute Gasteiger partial charge is 0.272 e. The molecular formula is C16H15N3O2. The number of H-pyrrole nitrogens is 1. The normalized spacial score (nSPS) is 10.7. The van der Waals surface area contributed by atoms with Crippen LogP contribution in [0.1, 0.15) is 17.4 Å². The average Bonchev–Trinajstić information content (AvgIpc) is 2.93. The molecule has 0 unspecified atom stereocenters. The van der Waals surface area contributed by atoms with Gasteiger partial charge in [0.2, 0.25) is 0 Å². The number of carbonyl (C=O) groups is 1. The van der Waals surface area contributed by atoms with E-state index < -0.39 is 0 Å². The summed E-state index contributed by atoms with van der Waals surface area (Å²) in [6.45, 7) is 2.44. The van der Waals surface area contributed by atoms with Gasteiger partial charge >= 0.3 is 0 Å².